The van der Waals surface area contributed by atoms with Crippen LogP contribution in [-0.4, -0.2) is 29.1 Å². The predicted molar refractivity (Wildman–Crippen MR) is 104 cm³/mol. The molecule has 2 aromatic carbocycles. The molecule has 0 unspecified atom stereocenters. The molecule has 1 fully saturated rings. The third-order valence-electron chi connectivity index (χ3n) is 5.51. The van der Waals surface area contributed by atoms with E-state index >= 15 is 0 Å². The Bertz CT molecular complexity index is 1080. The van der Waals surface area contributed by atoms with Gasteiger partial charge in [0.05, 0.1) is 22.7 Å². The Hall–Kier alpha value is -3.46. The molecule has 0 spiro atoms. The highest BCUT2D eigenvalue weighted by Crippen LogP contribution is 2.39. The Morgan fingerprint density at radius 1 is 1.18 bits per heavy atom. The van der Waals surface area contributed by atoms with Crippen molar-refractivity contribution in [2.75, 3.05) is 18.0 Å². The number of nitriles is 1. The van der Waals surface area contributed by atoms with Gasteiger partial charge < -0.3 is 10.0 Å². The van der Waals surface area contributed by atoms with E-state index in [2.05, 4.69) is 11.1 Å². The van der Waals surface area contributed by atoms with Crippen LogP contribution < -0.4 is 4.90 Å². The lowest BCUT2D eigenvalue weighted by Crippen LogP contribution is -2.42. The molecular weight excluding hydrogens is 357 g/mol. The number of piperidine rings is 1. The first-order valence-electron chi connectivity index (χ1n) is 9.07. The van der Waals surface area contributed by atoms with Gasteiger partial charge in [-0.2, -0.15) is 5.26 Å². The smallest absolute Gasteiger partial charge is 0.339 e. The van der Waals surface area contributed by atoms with Gasteiger partial charge in [0.1, 0.15) is 11.4 Å². The standard InChI is InChI=1S/C22H18FN3O2/c23-16-6-7-19-17(12-16)20(18(13-25-19)21(27)28)26-10-8-22(14-24,9-11-26)15-4-2-1-3-5-15/h1-7,12-13H,8-11H2,(H,27,28). The van der Waals surface area contributed by atoms with Crippen molar-refractivity contribution in [3.63, 3.8) is 0 Å². The predicted octanol–water partition coefficient (Wildman–Crippen LogP) is 4.13. The van der Waals surface area contributed by atoms with Crippen molar-refractivity contribution in [1.29, 1.82) is 5.26 Å². The van der Waals surface area contributed by atoms with Crippen molar-refractivity contribution in [2.24, 2.45) is 0 Å². The van der Waals surface area contributed by atoms with Gasteiger partial charge in [0.25, 0.3) is 0 Å². The number of nitrogens with zero attached hydrogens (tertiary/aromatic N) is 3. The molecule has 3 aromatic rings. The Labute approximate surface area is 161 Å². The van der Waals surface area contributed by atoms with E-state index in [1.807, 2.05) is 35.2 Å². The molecular formula is C22H18FN3O2. The van der Waals surface area contributed by atoms with E-state index in [-0.39, 0.29) is 5.56 Å². The number of hydrogen-bond acceptors (Lipinski definition) is 4. The van der Waals surface area contributed by atoms with Gasteiger partial charge in [-0.15, -0.1) is 0 Å². The first-order chi connectivity index (χ1) is 13.5. The maximum absolute atomic E-state index is 13.9. The lowest BCUT2D eigenvalue weighted by atomic mass is 9.74. The summed E-state index contributed by atoms with van der Waals surface area (Å²) in [6.07, 6.45) is 2.44. The van der Waals surface area contributed by atoms with Gasteiger partial charge in [0.2, 0.25) is 0 Å². The molecule has 0 saturated carbocycles. The minimum absolute atomic E-state index is 0.0438. The van der Waals surface area contributed by atoms with Crippen molar-refractivity contribution in [3.8, 4) is 6.07 Å². The number of pyridine rings is 1. The zero-order valence-electron chi connectivity index (χ0n) is 15.1. The molecule has 0 amide bonds. The van der Waals surface area contributed by atoms with E-state index in [1.165, 1.54) is 18.3 Å². The summed E-state index contributed by atoms with van der Waals surface area (Å²) in [7, 11) is 0. The van der Waals surface area contributed by atoms with Crippen LogP contribution in [0.3, 0.4) is 0 Å². The van der Waals surface area contributed by atoms with Crippen LogP contribution in [0.2, 0.25) is 0 Å². The van der Waals surface area contributed by atoms with E-state index < -0.39 is 17.2 Å². The fourth-order valence-electron chi connectivity index (χ4n) is 3.98. The number of fused-ring (bicyclic) bond motifs is 1. The largest absolute Gasteiger partial charge is 0.478 e. The fraction of sp³-hybridized carbons (Fsp3) is 0.227. The van der Waals surface area contributed by atoms with Crippen LogP contribution in [0.25, 0.3) is 10.9 Å². The summed E-state index contributed by atoms with van der Waals surface area (Å²) in [6, 6.07) is 16.3. The summed E-state index contributed by atoms with van der Waals surface area (Å²) in [5, 5.41) is 20.0. The molecule has 0 radical (unpaired) electrons. The summed E-state index contributed by atoms with van der Waals surface area (Å²) >= 11 is 0. The molecule has 2 heterocycles. The Morgan fingerprint density at radius 2 is 1.89 bits per heavy atom. The fourth-order valence-corrected chi connectivity index (χ4v) is 3.98. The molecule has 0 atom stereocenters. The molecule has 1 aliphatic heterocycles. The van der Waals surface area contributed by atoms with Gasteiger partial charge in [-0.05, 0) is 36.6 Å². The van der Waals surface area contributed by atoms with Crippen LogP contribution in [0, 0.1) is 17.1 Å². The van der Waals surface area contributed by atoms with Crippen LogP contribution in [0.1, 0.15) is 28.8 Å². The SMILES string of the molecule is N#CC1(c2ccccc2)CCN(c2c(C(=O)O)cnc3ccc(F)cc23)CC1. The van der Waals surface area contributed by atoms with E-state index in [0.29, 0.717) is 42.5 Å². The van der Waals surface area contributed by atoms with Crippen molar-refractivity contribution in [1.82, 2.24) is 4.98 Å². The highest BCUT2D eigenvalue weighted by atomic mass is 19.1. The monoisotopic (exact) mass is 375 g/mol. The van der Waals surface area contributed by atoms with Crippen LogP contribution in [0.15, 0.2) is 54.7 Å². The summed E-state index contributed by atoms with van der Waals surface area (Å²) in [5.74, 6) is -1.54. The first-order valence-corrected chi connectivity index (χ1v) is 9.07. The van der Waals surface area contributed by atoms with Gasteiger partial charge in [-0.25, -0.2) is 9.18 Å². The van der Waals surface area contributed by atoms with E-state index in [9.17, 15) is 19.6 Å². The Morgan fingerprint density at radius 3 is 2.54 bits per heavy atom. The summed E-state index contributed by atoms with van der Waals surface area (Å²) in [6.45, 7) is 0.997. The molecule has 5 nitrogen and oxygen atoms in total. The summed E-state index contributed by atoms with van der Waals surface area (Å²) < 4.78 is 13.9. The molecule has 0 aliphatic carbocycles. The Kier molecular flexibility index (Phi) is 4.44. The zero-order chi connectivity index (χ0) is 19.7. The molecule has 1 saturated heterocycles. The average molecular weight is 375 g/mol. The number of hydrogen-bond donors (Lipinski definition) is 1. The second-order valence-corrected chi connectivity index (χ2v) is 7.03. The van der Waals surface area contributed by atoms with Crippen LogP contribution in [0.4, 0.5) is 10.1 Å². The second kappa shape index (κ2) is 6.93. The molecule has 1 aromatic heterocycles. The molecule has 6 heteroatoms. The minimum Gasteiger partial charge on any atom is -0.478 e. The topological polar surface area (TPSA) is 77.2 Å². The highest BCUT2D eigenvalue weighted by molar-refractivity contribution is 6.04. The summed E-state index contributed by atoms with van der Waals surface area (Å²) in [5.41, 5.74) is 1.43. The third-order valence-corrected chi connectivity index (χ3v) is 5.51. The van der Waals surface area contributed by atoms with Crippen molar-refractivity contribution < 1.29 is 14.3 Å². The van der Waals surface area contributed by atoms with Gasteiger partial charge in [0.15, 0.2) is 0 Å². The minimum atomic E-state index is -1.10. The number of carboxylic acid groups (broad SMARTS) is 1. The van der Waals surface area contributed by atoms with Crippen molar-refractivity contribution >= 4 is 22.6 Å². The molecule has 4 rings (SSSR count). The van der Waals surface area contributed by atoms with E-state index in [0.717, 1.165) is 5.56 Å². The lowest BCUT2D eigenvalue weighted by molar-refractivity contribution is 0.0697. The Balaban J connectivity index is 1.75. The van der Waals surface area contributed by atoms with Crippen LogP contribution in [0.5, 0.6) is 0 Å². The number of carboxylic acids is 1. The number of rotatable bonds is 3. The van der Waals surface area contributed by atoms with Crippen LogP contribution in [-0.2, 0) is 5.41 Å². The van der Waals surface area contributed by atoms with Gasteiger partial charge in [0, 0.05) is 24.7 Å². The molecule has 28 heavy (non-hydrogen) atoms. The number of carbonyl (C=O) groups is 1. The quantitative estimate of drug-likeness (QED) is 0.745. The van der Waals surface area contributed by atoms with E-state index in [1.54, 1.807) is 6.07 Å². The van der Waals surface area contributed by atoms with Crippen molar-refractivity contribution in [3.05, 3.63) is 71.7 Å². The molecule has 1 aliphatic rings. The van der Waals surface area contributed by atoms with Crippen molar-refractivity contribution in [2.45, 2.75) is 18.3 Å². The number of aromatic nitrogens is 1. The number of anilines is 1. The van der Waals surface area contributed by atoms with Gasteiger partial charge >= 0.3 is 5.97 Å². The first kappa shape index (κ1) is 17.9. The molecule has 0 bridgehead atoms. The zero-order valence-corrected chi connectivity index (χ0v) is 15.1. The molecule has 140 valence electrons. The number of aromatic carboxylic acids is 1. The van der Waals surface area contributed by atoms with Gasteiger partial charge in [-0.3, -0.25) is 4.98 Å². The van der Waals surface area contributed by atoms with E-state index in [4.69, 9.17) is 0 Å². The molecule has 1 N–H and O–H groups in total. The number of halogens is 1. The summed E-state index contributed by atoms with van der Waals surface area (Å²) in [4.78, 5) is 17.9. The normalized spacial score (nSPS) is 15.9. The number of benzene rings is 2. The van der Waals surface area contributed by atoms with Crippen LogP contribution >= 0.6 is 0 Å². The second-order valence-electron chi connectivity index (χ2n) is 7.03. The third kappa shape index (κ3) is 2.95. The average Bonchev–Trinajstić information content (AvgIpc) is 2.73. The maximum atomic E-state index is 13.9. The van der Waals surface area contributed by atoms with Gasteiger partial charge in [-0.1, -0.05) is 30.3 Å². The maximum Gasteiger partial charge on any atom is 0.339 e. The highest BCUT2D eigenvalue weighted by Gasteiger charge is 2.37. The lowest BCUT2D eigenvalue weighted by Gasteiger charge is -2.39.